The van der Waals surface area contributed by atoms with Crippen molar-refractivity contribution >= 4 is 5.91 Å². The molecular formula is C15H25N5O2. The second-order valence-corrected chi connectivity index (χ2v) is 6.08. The molecule has 0 unspecified atom stereocenters. The van der Waals surface area contributed by atoms with Gasteiger partial charge in [0, 0.05) is 19.3 Å². The molecule has 0 aromatic carbocycles. The third-order valence-corrected chi connectivity index (χ3v) is 3.37. The molecule has 1 saturated heterocycles. The first kappa shape index (κ1) is 16.8. The van der Waals surface area contributed by atoms with Gasteiger partial charge in [0.25, 0.3) is 0 Å². The molecule has 22 heavy (non-hydrogen) atoms. The van der Waals surface area contributed by atoms with Gasteiger partial charge in [-0.2, -0.15) is 0 Å². The number of carbonyl (C=O) groups excluding carboxylic acids is 1. The molecule has 1 amide bonds. The van der Waals surface area contributed by atoms with Crippen molar-refractivity contribution in [2.45, 2.75) is 12.6 Å². The summed E-state index contributed by atoms with van der Waals surface area (Å²) in [7, 11) is 7.79. The van der Waals surface area contributed by atoms with Crippen molar-refractivity contribution in [1.29, 1.82) is 0 Å². The van der Waals surface area contributed by atoms with Crippen LogP contribution in [0, 0.1) is 0 Å². The smallest absolute Gasteiger partial charge is 0.236 e. The molecule has 0 saturated carbocycles. The Hall–Kier alpha value is -1.57. The molecule has 0 aliphatic carbocycles. The first-order chi connectivity index (χ1) is 10.5. The lowest BCUT2D eigenvalue weighted by molar-refractivity contribution is -0.139. The Labute approximate surface area is 131 Å². The zero-order chi connectivity index (χ0) is 16.1. The third kappa shape index (κ3) is 4.72. The fourth-order valence-corrected chi connectivity index (χ4v) is 2.38. The number of ether oxygens (including phenoxy) is 1. The summed E-state index contributed by atoms with van der Waals surface area (Å²) in [5, 5.41) is 0. The number of hydrogen-bond donors (Lipinski definition) is 0. The highest BCUT2D eigenvalue weighted by atomic mass is 16.5. The monoisotopic (exact) mass is 307 g/mol. The van der Waals surface area contributed by atoms with Crippen molar-refractivity contribution in [1.82, 2.24) is 24.7 Å². The minimum atomic E-state index is -0.248. The minimum absolute atomic E-state index is 0.114. The summed E-state index contributed by atoms with van der Waals surface area (Å²) in [6.07, 6.45) is 1.51. The van der Waals surface area contributed by atoms with E-state index < -0.39 is 0 Å². The van der Waals surface area contributed by atoms with Crippen LogP contribution < -0.4 is 0 Å². The van der Waals surface area contributed by atoms with Gasteiger partial charge in [-0.1, -0.05) is 0 Å². The van der Waals surface area contributed by atoms with E-state index in [9.17, 15) is 4.79 Å². The van der Waals surface area contributed by atoms with Crippen LogP contribution in [-0.2, 0) is 16.1 Å². The van der Waals surface area contributed by atoms with Crippen molar-refractivity contribution in [3.05, 3.63) is 23.8 Å². The summed E-state index contributed by atoms with van der Waals surface area (Å²) in [5.41, 5.74) is 0.954. The number of morpholine rings is 1. The van der Waals surface area contributed by atoms with Gasteiger partial charge in [0.1, 0.15) is 6.10 Å². The minimum Gasteiger partial charge on any atom is -0.367 e. The molecule has 2 rings (SSSR count). The molecule has 1 aromatic rings. The summed E-state index contributed by atoms with van der Waals surface area (Å²) in [6.45, 7) is 2.82. The predicted octanol–water partition coefficient (Wildman–Crippen LogP) is -0.000300. The number of nitrogens with zero attached hydrogens (tertiary/aromatic N) is 5. The first-order valence-corrected chi connectivity index (χ1v) is 7.46. The van der Waals surface area contributed by atoms with E-state index in [0.717, 1.165) is 12.2 Å². The Morgan fingerprint density at radius 3 is 2.82 bits per heavy atom. The number of likely N-dealkylation sites (N-methyl/N-ethyl adjacent to an activating group) is 1. The van der Waals surface area contributed by atoms with E-state index in [0.29, 0.717) is 32.1 Å². The number of hydrogen-bond acceptors (Lipinski definition) is 6. The molecule has 1 atom stereocenters. The van der Waals surface area contributed by atoms with Crippen molar-refractivity contribution in [2.24, 2.45) is 0 Å². The van der Waals surface area contributed by atoms with Crippen LogP contribution in [0.2, 0.25) is 0 Å². The van der Waals surface area contributed by atoms with E-state index in [1.807, 2.05) is 44.1 Å². The van der Waals surface area contributed by atoms with Gasteiger partial charge in [-0.05, 0) is 34.3 Å². The van der Waals surface area contributed by atoms with E-state index in [-0.39, 0.29) is 12.0 Å². The van der Waals surface area contributed by atoms with Crippen LogP contribution in [0.1, 0.15) is 17.6 Å². The molecule has 0 bridgehead atoms. The van der Waals surface area contributed by atoms with E-state index in [1.54, 1.807) is 6.20 Å². The Bertz CT molecular complexity index is 506. The highest BCUT2D eigenvalue weighted by Gasteiger charge is 2.27. The molecule has 122 valence electrons. The van der Waals surface area contributed by atoms with Gasteiger partial charge in [-0.25, -0.2) is 9.97 Å². The lowest BCUT2D eigenvalue weighted by atomic mass is 10.2. The van der Waals surface area contributed by atoms with Crippen LogP contribution in [0.3, 0.4) is 0 Å². The van der Waals surface area contributed by atoms with Gasteiger partial charge >= 0.3 is 0 Å². The topological polar surface area (TPSA) is 61.8 Å². The van der Waals surface area contributed by atoms with Gasteiger partial charge in [0.2, 0.25) is 5.91 Å². The molecular weight excluding hydrogens is 282 g/mol. The Morgan fingerprint density at radius 1 is 1.36 bits per heavy atom. The average molecular weight is 307 g/mol. The SMILES string of the molecule is CN(C)CC(=O)N1CCO[C@H](c2nccc(CN(C)C)n2)C1. The largest absolute Gasteiger partial charge is 0.367 e. The zero-order valence-electron chi connectivity index (χ0n) is 13.8. The van der Waals surface area contributed by atoms with Gasteiger partial charge in [0.05, 0.1) is 25.4 Å². The summed E-state index contributed by atoms with van der Waals surface area (Å²) >= 11 is 0. The summed E-state index contributed by atoms with van der Waals surface area (Å²) in [5.74, 6) is 0.768. The second-order valence-electron chi connectivity index (χ2n) is 6.08. The molecule has 2 heterocycles. The van der Waals surface area contributed by atoms with E-state index >= 15 is 0 Å². The zero-order valence-corrected chi connectivity index (χ0v) is 13.8. The molecule has 1 fully saturated rings. The summed E-state index contributed by atoms with van der Waals surface area (Å²) in [4.78, 5) is 26.8. The van der Waals surface area contributed by atoms with E-state index in [2.05, 4.69) is 14.9 Å². The van der Waals surface area contributed by atoms with Crippen molar-refractivity contribution in [2.75, 3.05) is 54.4 Å². The van der Waals surface area contributed by atoms with Crippen LogP contribution in [0.15, 0.2) is 12.3 Å². The maximum Gasteiger partial charge on any atom is 0.236 e. The van der Waals surface area contributed by atoms with E-state index in [4.69, 9.17) is 4.74 Å². The van der Waals surface area contributed by atoms with Crippen LogP contribution in [0.5, 0.6) is 0 Å². The molecule has 1 aromatic heterocycles. The lowest BCUT2D eigenvalue weighted by Gasteiger charge is -2.33. The number of carbonyl (C=O) groups is 1. The molecule has 0 N–H and O–H groups in total. The van der Waals surface area contributed by atoms with Crippen LogP contribution in [0.25, 0.3) is 0 Å². The highest BCUT2D eigenvalue weighted by molar-refractivity contribution is 5.78. The van der Waals surface area contributed by atoms with Gasteiger partial charge < -0.3 is 19.4 Å². The quantitative estimate of drug-likeness (QED) is 0.763. The van der Waals surface area contributed by atoms with Crippen LogP contribution >= 0.6 is 0 Å². The number of rotatable bonds is 5. The highest BCUT2D eigenvalue weighted by Crippen LogP contribution is 2.19. The summed E-state index contributed by atoms with van der Waals surface area (Å²) in [6, 6.07) is 1.90. The molecule has 0 spiro atoms. The molecule has 1 aliphatic rings. The molecule has 7 nitrogen and oxygen atoms in total. The fourth-order valence-electron chi connectivity index (χ4n) is 2.38. The van der Waals surface area contributed by atoms with Gasteiger partial charge in [0.15, 0.2) is 5.82 Å². The second kappa shape index (κ2) is 7.62. The molecule has 1 aliphatic heterocycles. The van der Waals surface area contributed by atoms with Crippen LogP contribution in [0.4, 0.5) is 0 Å². The number of aromatic nitrogens is 2. The standard InChI is InChI=1S/C15H25N5O2/c1-18(2)9-12-5-6-16-15(17-12)13-10-20(7-8-22-13)14(21)11-19(3)4/h5-6,13H,7-11H2,1-4H3/t13-/m0/s1. The average Bonchev–Trinajstić information content (AvgIpc) is 2.46. The summed E-state index contributed by atoms with van der Waals surface area (Å²) < 4.78 is 5.76. The van der Waals surface area contributed by atoms with Crippen molar-refractivity contribution in [3.63, 3.8) is 0 Å². The fraction of sp³-hybridized carbons (Fsp3) is 0.667. The molecule has 0 radical (unpaired) electrons. The number of amides is 1. The van der Waals surface area contributed by atoms with Crippen molar-refractivity contribution < 1.29 is 9.53 Å². The first-order valence-electron chi connectivity index (χ1n) is 7.46. The molecule has 7 heteroatoms. The predicted molar refractivity (Wildman–Crippen MR) is 83.3 cm³/mol. The Balaban J connectivity index is 2.04. The maximum atomic E-state index is 12.2. The maximum absolute atomic E-state index is 12.2. The lowest BCUT2D eigenvalue weighted by Crippen LogP contribution is -2.45. The van der Waals surface area contributed by atoms with Crippen LogP contribution in [-0.4, -0.2) is 85.0 Å². The Morgan fingerprint density at radius 2 is 2.14 bits per heavy atom. The van der Waals surface area contributed by atoms with Crippen molar-refractivity contribution in [3.8, 4) is 0 Å². The third-order valence-electron chi connectivity index (χ3n) is 3.37. The normalized spacial score (nSPS) is 19.0. The Kier molecular flexibility index (Phi) is 5.82. The van der Waals surface area contributed by atoms with E-state index in [1.165, 1.54) is 0 Å². The van der Waals surface area contributed by atoms with Gasteiger partial charge in [-0.3, -0.25) is 4.79 Å². The van der Waals surface area contributed by atoms with Gasteiger partial charge in [-0.15, -0.1) is 0 Å².